The van der Waals surface area contributed by atoms with Crippen LogP contribution >= 0.6 is 0 Å². The summed E-state index contributed by atoms with van der Waals surface area (Å²) < 4.78 is 14.4. The van der Waals surface area contributed by atoms with E-state index in [1.807, 2.05) is 0 Å². The number of rotatable bonds is 3. The van der Waals surface area contributed by atoms with E-state index in [1.54, 1.807) is 0 Å². The fourth-order valence-electron chi connectivity index (χ4n) is 1.60. The summed E-state index contributed by atoms with van der Waals surface area (Å²) in [6, 6.07) is 2.92. The Balaban J connectivity index is 2.55. The Morgan fingerprint density at radius 1 is 1.47 bits per heavy atom. The van der Waals surface area contributed by atoms with Crippen molar-refractivity contribution in [1.29, 1.82) is 0 Å². The molecule has 1 N–H and O–H groups in total. The van der Waals surface area contributed by atoms with E-state index in [9.17, 15) is 19.3 Å². The molecule has 2 rings (SSSR count). The minimum Gasteiger partial charge on any atom is -0.476 e. The molecule has 0 fully saturated rings. The molecule has 0 saturated heterocycles. The van der Waals surface area contributed by atoms with Crippen LogP contribution in [0.3, 0.4) is 0 Å². The van der Waals surface area contributed by atoms with Crippen molar-refractivity contribution in [1.82, 2.24) is 9.78 Å². The SMILES string of the molecule is Cc1cn(-c2cc(F)cc([N+](=O)[O-])c2)nc1C(=O)O. The Hall–Kier alpha value is -2.77. The van der Waals surface area contributed by atoms with Crippen molar-refractivity contribution < 1.29 is 19.2 Å². The molecule has 0 saturated carbocycles. The van der Waals surface area contributed by atoms with Gasteiger partial charge in [-0.25, -0.2) is 13.9 Å². The molecular weight excluding hydrogens is 257 g/mol. The number of non-ortho nitro benzene ring substituents is 1. The van der Waals surface area contributed by atoms with E-state index < -0.39 is 22.4 Å². The number of aryl methyl sites for hydroxylation is 1. The predicted octanol–water partition coefficient (Wildman–Crippen LogP) is 1.93. The highest BCUT2D eigenvalue weighted by Crippen LogP contribution is 2.20. The zero-order valence-electron chi connectivity index (χ0n) is 9.70. The third-order valence-corrected chi connectivity index (χ3v) is 2.44. The maximum absolute atomic E-state index is 13.3. The van der Waals surface area contributed by atoms with Crippen LogP contribution in [0.15, 0.2) is 24.4 Å². The Morgan fingerprint density at radius 3 is 2.68 bits per heavy atom. The van der Waals surface area contributed by atoms with Gasteiger partial charge in [0.1, 0.15) is 5.82 Å². The second-order valence-electron chi connectivity index (χ2n) is 3.84. The molecule has 2 aromatic rings. The summed E-state index contributed by atoms with van der Waals surface area (Å²) in [5.74, 6) is -2.02. The van der Waals surface area contributed by atoms with Gasteiger partial charge in [0.2, 0.25) is 0 Å². The van der Waals surface area contributed by atoms with Crippen LogP contribution in [0, 0.1) is 22.9 Å². The van der Waals surface area contributed by atoms with Crippen molar-refractivity contribution in [3.63, 3.8) is 0 Å². The van der Waals surface area contributed by atoms with Crippen LogP contribution in [0.4, 0.5) is 10.1 Å². The maximum atomic E-state index is 13.3. The number of aromatic carboxylic acids is 1. The zero-order valence-corrected chi connectivity index (χ0v) is 9.70. The van der Waals surface area contributed by atoms with E-state index in [4.69, 9.17) is 5.11 Å². The lowest BCUT2D eigenvalue weighted by atomic mass is 10.2. The van der Waals surface area contributed by atoms with Crippen LogP contribution in [0.2, 0.25) is 0 Å². The van der Waals surface area contributed by atoms with Gasteiger partial charge in [-0.2, -0.15) is 5.10 Å². The fraction of sp³-hybridized carbons (Fsp3) is 0.0909. The Labute approximate surface area is 106 Å². The number of hydrogen-bond acceptors (Lipinski definition) is 4. The molecule has 1 heterocycles. The maximum Gasteiger partial charge on any atom is 0.356 e. The largest absolute Gasteiger partial charge is 0.476 e. The standard InChI is InChI=1S/C11H8FN3O4/c1-6-5-14(13-10(6)11(16)17)8-2-7(12)3-9(4-8)15(18)19/h2-5H,1H3,(H,16,17). The molecule has 0 aliphatic rings. The average molecular weight is 265 g/mol. The molecule has 0 amide bonds. The Morgan fingerprint density at radius 2 is 2.16 bits per heavy atom. The van der Waals surface area contributed by atoms with Crippen LogP contribution in [0.25, 0.3) is 5.69 Å². The van der Waals surface area contributed by atoms with Crippen LogP contribution in [-0.2, 0) is 0 Å². The van der Waals surface area contributed by atoms with Crippen molar-refractivity contribution in [3.8, 4) is 5.69 Å². The van der Waals surface area contributed by atoms with Crippen molar-refractivity contribution in [2.24, 2.45) is 0 Å². The van der Waals surface area contributed by atoms with Crippen molar-refractivity contribution in [2.75, 3.05) is 0 Å². The average Bonchev–Trinajstić information content (AvgIpc) is 2.70. The molecule has 7 nitrogen and oxygen atoms in total. The molecule has 0 bridgehead atoms. The molecule has 0 atom stereocenters. The van der Waals surface area contributed by atoms with Crippen LogP contribution in [0.5, 0.6) is 0 Å². The first-order valence-corrected chi connectivity index (χ1v) is 5.13. The number of aromatic nitrogens is 2. The van der Waals surface area contributed by atoms with Gasteiger partial charge in [-0.1, -0.05) is 0 Å². The quantitative estimate of drug-likeness (QED) is 0.675. The van der Waals surface area contributed by atoms with E-state index in [0.717, 1.165) is 22.9 Å². The van der Waals surface area contributed by atoms with E-state index in [2.05, 4.69) is 5.10 Å². The monoisotopic (exact) mass is 265 g/mol. The van der Waals surface area contributed by atoms with E-state index in [0.29, 0.717) is 5.56 Å². The molecule has 0 aliphatic heterocycles. The van der Waals surface area contributed by atoms with Crippen molar-refractivity contribution in [2.45, 2.75) is 6.92 Å². The highest BCUT2D eigenvalue weighted by atomic mass is 19.1. The first-order chi connectivity index (χ1) is 8.88. The first kappa shape index (κ1) is 12.7. The van der Waals surface area contributed by atoms with Gasteiger partial charge in [0, 0.05) is 23.9 Å². The van der Waals surface area contributed by atoms with Gasteiger partial charge >= 0.3 is 5.97 Å². The number of hydrogen-bond donors (Lipinski definition) is 1. The minimum absolute atomic E-state index is 0.0855. The van der Waals surface area contributed by atoms with Gasteiger partial charge in [0.15, 0.2) is 5.69 Å². The zero-order chi connectivity index (χ0) is 14.2. The van der Waals surface area contributed by atoms with Gasteiger partial charge in [-0.05, 0) is 6.92 Å². The van der Waals surface area contributed by atoms with Gasteiger partial charge < -0.3 is 5.11 Å². The first-order valence-electron chi connectivity index (χ1n) is 5.13. The molecule has 0 spiro atoms. The summed E-state index contributed by atoms with van der Waals surface area (Å²) in [6.07, 6.45) is 1.36. The summed E-state index contributed by atoms with van der Waals surface area (Å²) in [7, 11) is 0. The molecule has 19 heavy (non-hydrogen) atoms. The van der Waals surface area contributed by atoms with Gasteiger partial charge in [-0.15, -0.1) is 0 Å². The van der Waals surface area contributed by atoms with Crippen LogP contribution < -0.4 is 0 Å². The summed E-state index contributed by atoms with van der Waals surface area (Å²) in [4.78, 5) is 20.7. The molecular formula is C11H8FN3O4. The number of carbonyl (C=O) groups is 1. The second-order valence-corrected chi connectivity index (χ2v) is 3.84. The Bertz CT molecular complexity index is 681. The summed E-state index contributed by atoms with van der Waals surface area (Å²) >= 11 is 0. The lowest BCUT2D eigenvalue weighted by molar-refractivity contribution is -0.385. The van der Waals surface area contributed by atoms with E-state index in [-0.39, 0.29) is 11.4 Å². The third kappa shape index (κ3) is 2.41. The fourth-order valence-corrected chi connectivity index (χ4v) is 1.60. The summed E-state index contributed by atoms with van der Waals surface area (Å²) in [5, 5.41) is 23.2. The summed E-state index contributed by atoms with van der Waals surface area (Å²) in [5.41, 5.74) is -0.159. The number of nitrogens with zero attached hydrogens (tertiary/aromatic N) is 3. The van der Waals surface area contributed by atoms with Gasteiger partial charge in [0.05, 0.1) is 16.7 Å². The predicted molar refractivity (Wildman–Crippen MR) is 61.9 cm³/mol. The number of carboxylic acids is 1. The number of carboxylic acid groups (broad SMARTS) is 1. The van der Waals surface area contributed by atoms with Crippen molar-refractivity contribution in [3.05, 3.63) is 51.6 Å². The van der Waals surface area contributed by atoms with Gasteiger partial charge in [0.25, 0.3) is 5.69 Å². The molecule has 0 radical (unpaired) electrons. The van der Waals surface area contributed by atoms with Crippen LogP contribution in [-0.4, -0.2) is 25.8 Å². The minimum atomic E-state index is -1.22. The molecule has 8 heteroatoms. The number of nitro groups is 1. The topological polar surface area (TPSA) is 98.3 Å². The number of halogens is 1. The van der Waals surface area contributed by atoms with Crippen molar-refractivity contribution >= 4 is 11.7 Å². The molecule has 1 aromatic heterocycles. The van der Waals surface area contributed by atoms with E-state index in [1.165, 1.54) is 13.1 Å². The van der Waals surface area contributed by atoms with Gasteiger partial charge in [-0.3, -0.25) is 10.1 Å². The normalized spacial score (nSPS) is 10.4. The molecule has 98 valence electrons. The molecule has 0 unspecified atom stereocenters. The molecule has 0 aliphatic carbocycles. The lowest BCUT2D eigenvalue weighted by Gasteiger charge is -2.01. The highest BCUT2D eigenvalue weighted by Gasteiger charge is 2.16. The van der Waals surface area contributed by atoms with Crippen LogP contribution in [0.1, 0.15) is 16.1 Å². The lowest BCUT2D eigenvalue weighted by Crippen LogP contribution is -2.02. The molecule has 1 aromatic carbocycles. The second kappa shape index (κ2) is 4.48. The van der Waals surface area contributed by atoms with E-state index >= 15 is 0 Å². The highest BCUT2D eigenvalue weighted by molar-refractivity contribution is 5.86. The number of benzene rings is 1. The smallest absolute Gasteiger partial charge is 0.356 e. The number of nitro benzene ring substituents is 1. The Kier molecular flexibility index (Phi) is 2.99. The third-order valence-electron chi connectivity index (χ3n) is 2.44. The summed E-state index contributed by atoms with van der Waals surface area (Å²) in [6.45, 7) is 1.53.